The van der Waals surface area contributed by atoms with Gasteiger partial charge in [0, 0.05) is 13.1 Å². The predicted molar refractivity (Wildman–Crippen MR) is 63.2 cm³/mol. The molecule has 0 saturated heterocycles. The summed E-state index contributed by atoms with van der Waals surface area (Å²) < 4.78 is 1.84. The third-order valence-corrected chi connectivity index (χ3v) is 2.72. The molecule has 1 aromatic rings. The Morgan fingerprint density at radius 3 is 2.75 bits per heavy atom. The largest absolute Gasteiger partial charge is 0.369 e. The van der Waals surface area contributed by atoms with Gasteiger partial charge < -0.3 is 11.1 Å². The zero-order valence-corrected chi connectivity index (χ0v) is 10.3. The molecule has 0 aliphatic heterocycles. The molecular formula is C10H17ClN4O. The van der Waals surface area contributed by atoms with E-state index in [2.05, 4.69) is 10.4 Å². The Morgan fingerprint density at radius 1 is 1.56 bits per heavy atom. The number of hydrogen-bond donors (Lipinski definition) is 2. The number of nitrogens with zero attached hydrogens (tertiary/aromatic N) is 2. The van der Waals surface area contributed by atoms with Crippen LogP contribution < -0.4 is 11.1 Å². The lowest BCUT2D eigenvalue weighted by Crippen LogP contribution is -2.29. The molecule has 0 saturated carbocycles. The lowest BCUT2D eigenvalue weighted by molar-refractivity contribution is -0.117. The van der Waals surface area contributed by atoms with Crippen LogP contribution in [0.25, 0.3) is 0 Å². The van der Waals surface area contributed by atoms with Gasteiger partial charge in [-0.3, -0.25) is 9.48 Å². The summed E-state index contributed by atoms with van der Waals surface area (Å²) in [6.07, 6.45) is 0.800. The van der Waals surface area contributed by atoms with Crippen LogP contribution in [0, 0.1) is 0 Å². The van der Waals surface area contributed by atoms with Crippen molar-refractivity contribution in [1.29, 1.82) is 0 Å². The van der Waals surface area contributed by atoms with Crippen LogP contribution in [0.4, 0.5) is 0 Å². The number of primary amides is 1. The van der Waals surface area contributed by atoms with E-state index in [4.69, 9.17) is 17.3 Å². The number of carbonyl (C=O) groups is 1. The number of aryl methyl sites for hydroxylation is 2. The van der Waals surface area contributed by atoms with E-state index in [0.29, 0.717) is 11.6 Å². The van der Waals surface area contributed by atoms with Gasteiger partial charge in [-0.2, -0.15) is 5.10 Å². The van der Waals surface area contributed by atoms with Crippen molar-refractivity contribution in [3.8, 4) is 0 Å². The van der Waals surface area contributed by atoms with Crippen LogP contribution in [0.5, 0.6) is 0 Å². The summed E-state index contributed by atoms with van der Waals surface area (Å²) in [7, 11) is 0. The quantitative estimate of drug-likeness (QED) is 0.774. The second-order valence-corrected chi connectivity index (χ2v) is 3.82. The molecule has 0 spiro atoms. The van der Waals surface area contributed by atoms with Crippen molar-refractivity contribution in [3.63, 3.8) is 0 Å². The Morgan fingerprint density at radius 2 is 2.25 bits per heavy atom. The van der Waals surface area contributed by atoms with E-state index in [-0.39, 0.29) is 12.5 Å². The highest BCUT2D eigenvalue weighted by Gasteiger charge is 2.13. The molecule has 1 aromatic heterocycles. The maximum absolute atomic E-state index is 10.6. The molecule has 1 amide bonds. The van der Waals surface area contributed by atoms with Crippen molar-refractivity contribution >= 4 is 17.5 Å². The van der Waals surface area contributed by atoms with Gasteiger partial charge >= 0.3 is 0 Å². The molecule has 6 heteroatoms. The minimum atomic E-state index is -0.380. The summed E-state index contributed by atoms with van der Waals surface area (Å²) in [4.78, 5) is 10.6. The van der Waals surface area contributed by atoms with Crippen molar-refractivity contribution < 1.29 is 4.79 Å². The maximum Gasteiger partial charge on any atom is 0.231 e. The number of nitrogens with two attached hydrogens (primary N) is 1. The van der Waals surface area contributed by atoms with E-state index in [1.165, 1.54) is 0 Å². The highest BCUT2D eigenvalue weighted by Crippen LogP contribution is 2.21. The number of rotatable bonds is 6. The average Bonchev–Trinajstić information content (AvgIpc) is 2.55. The first kappa shape index (κ1) is 13.0. The number of halogens is 1. The molecule has 5 nitrogen and oxygen atoms in total. The highest BCUT2D eigenvalue weighted by atomic mass is 35.5. The Kier molecular flexibility index (Phi) is 4.76. The Labute approximate surface area is 99.9 Å². The summed E-state index contributed by atoms with van der Waals surface area (Å²) in [6, 6.07) is 0. The molecule has 3 N–H and O–H groups in total. The van der Waals surface area contributed by atoms with Gasteiger partial charge in [-0.15, -0.1) is 0 Å². The fraction of sp³-hybridized carbons (Fsp3) is 0.600. The standard InChI is InChI=1S/C10H17ClN4O/c1-3-7-10(11)8(15(4-2)14-7)5-13-6-9(12)16/h13H,3-6H2,1-2H3,(H2,12,16). The zero-order valence-electron chi connectivity index (χ0n) is 9.59. The minimum Gasteiger partial charge on any atom is -0.369 e. The number of carbonyl (C=O) groups excluding carboxylic acids is 1. The summed E-state index contributed by atoms with van der Waals surface area (Å²) in [5.74, 6) is -0.380. The molecule has 0 fully saturated rings. The van der Waals surface area contributed by atoms with Crippen LogP contribution in [-0.2, 0) is 24.3 Å². The van der Waals surface area contributed by atoms with E-state index in [0.717, 1.165) is 24.4 Å². The van der Waals surface area contributed by atoms with Gasteiger partial charge in [0.25, 0.3) is 0 Å². The maximum atomic E-state index is 10.6. The van der Waals surface area contributed by atoms with E-state index in [1.54, 1.807) is 0 Å². The lowest BCUT2D eigenvalue weighted by Gasteiger charge is -2.05. The van der Waals surface area contributed by atoms with Crippen molar-refractivity contribution in [2.24, 2.45) is 5.73 Å². The molecule has 90 valence electrons. The predicted octanol–water partition coefficient (Wildman–Crippen LogP) is 0.694. The van der Waals surface area contributed by atoms with E-state index in [1.807, 2.05) is 18.5 Å². The van der Waals surface area contributed by atoms with Gasteiger partial charge in [-0.05, 0) is 13.3 Å². The van der Waals surface area contributed by atoms with Crippen LogP contribution in [0.15, 0.2) is 0 Å². The molecule has 1 rings (SSSR count). The number of nitrogens with one attached hydrogen (secondary N) is 1. The van der Waals surface area contributed by atoms with Gasteiger partial charge in [-0.1, -0.05) is 18.5 Å². The first-order chi connectivity index (χ1) is 7.60. The van der Waals surface area contributed by atoms with Gasteiger partial charge in [0.1, 0.15) is 0 Å². The topological polar surface area (TPSA) is 72.9 Å². The molecule has 0 unspecified atom stereocenters. The van der Waals surface area contributed by atoms with Crippen molar-refractivity contribution in [2.45, 2.75) is 33.4 Å². The summed E-state index contributed by atoms with van der Waals surface area (Å²) in [5, 5.41) is 7.99. The Balaban J connectivity index is 2.76. The third-order valence-electron chi connectivity index (χ3n) is 2.29. The number of aromatic nitrogens is 2. The van der Waals surface area contributed by atoms with Crippen molar-refractivity contribution in [2.75, 3.05) is 6.54 Å². The van der Waals surface area contributed by atoms with Gasteiger partial charge in [0.05, 0.1) is 23.0 Å². The molecule has 0 radical (unpaired) electrons. The molecule has 0 aromatic carbocycles. The van der Waals surface area contributed by atoms with Gasteiger partial charge in [0.2, 0.25) is 5.91 Å². The first-order valence-electron chi connectivity index (χ1n) is 5.33. The normalized spacial score (nSPS) is 10.7. The molecule has 1 heterocycles. The van der Waals surface area contributed by atoms with Crippen LogP contribution in [-0.4, -0.2) is 22.2 Å². The van der Waals surface area contributed by atoms with E-state index >= 15 is 0 Å². The van der Waals surface area contributed by atoms with Crippen molar-refractivity contribution in [3.05, 3.63) is 16.4 Å². The van der Waals surface area contributed by atoms with Crippen molar-refractivity contribution in [1.82, 2.24) is 15.1 Å². The summed E-state index contributed by atoms with van der Waals surface area (Å²) in [6.45, 7) is 5.41. The molecule has 0 aliphatic carbocycles. The molecule has 0 atom stereocenters. The smallest absolute Gasteiger partial charge is 0.231 e. The summed E-state index contributed by atoms with van der Waals surface area (Å²) in [5.41, 5.74) is 6.83. The average molecular weight is 245 g/mol. The molecule has 0 bridgehead atoms. The van der Waals surface area contributed by atoms with Gasteiger partial charge in [0.15, 0.2) is 0 Å². The monoisotopic (exact) mass is 244 g/mol. The fourth-order valence-electron chi connectivity index (χ4n) is 1.49. The number of hydrogen-bond acceptors (Lipinski definition) is 3. The second-order valence-electron chi connectivity index (χ2n) is 3.45. The van der Waals surface area contributed by atoms with Crippen LogP contribution in [0.3, 0.4) is 0 Å². The van der Waals surface area contributed by atoms with E-state index < -0.39 is 0 Å². The zero-order chi connectivity index (χ0) is 12.1. The van der Waals surface area contributed by atoms with Crippen LogP contribution >= 0.6 is 11.6 Å². The summed E-state index contributed by atoms with van der Waals surface area (Å²) >= 11 is 6.18. The van der Waals surface area contributed by atoms with Crippen LogP contribution in [0.2, 0.25) is 5.02 Å². The second kappa shape index (κ2) is 5.86. The fourth-order valence-corrected chi connectivity index (χ4v) is 1.83. The first-order valence-corrected chi connectivity index (χ1v) is 5.71. The van der Waals surface area contributed by atoms with E-state index in [9.17, 15) is 4.79 Å². The minimum absolute atomic E-state index is 0.146. The SMILES string of the molecule is CCc1nn(CC)c(CNCC(N)=O)c1Cl. The van der Waals surface area contributed by atoms with Gasteiger partial charge in [-0.25, -0.2) is 0 Å². The van der Waals surface area contributed by atoms with Crippen LogP contribution in [0.1, 0.15) is 25.2 Å². The third kappa shape index (κ3) is 2.96. The Bertz CT molecular complexity index is 375. The Hall–Kier alpha value is -1.07. The molecular weight excluding hydrogens is 228 g/mol. The number of amides is 1. The lowest BCUT2D eigenvalue weighted by atomic mass is 10.3. The molecule has 16 heavy (non-hydrogen) atoms. The highest BCUT2D eigenvalue weighted by molar-refractivity contribution is 6.31. The molecule has 0 aliphatic rings.